The van der Waals surface area contributed by atoms with Crippen molar-refractivity contribution >= 4 is 15.4 Å². The third-order valence-corrected chi connectivity index (χ3v) is 0. The third-order valence-electron chi connectivity index (χ3n) is 0. The van der Waals surface area contributed by atoms with E-state index in [4.69, 9.17) is 9.41 Å². The Kier molecular flexibility index (Phi) is 1950. The van der Waals surface area contributed by atoms with E-state index in [9.17, 15) is 0 Å². The smallest absolute Gasteiger partial charge is 1.00 e. The predicted molar refractivity (Wildman–Crippen MR) is 16.4 cm³/mol. The fourth-order valence-corrected chi connectivity index (χ4v) is 0. The van der Waals surface area contributed by atoms with Crippen molar-refractivity contribution in [3.05, 3.63) is 0 Å². The number of hydrogen-bond donors (Lipinski definition) is 0. The Morgan fingerprint density at radius 2 is 0.714 bits per heavy atom. The first-order chi connectivity index (χ1) is 2.00. The molecule has 0 unspecified atom stereocenters. The van der Waals surface area contributed by atoms with Gasteiger partial charge < -0.3 is 5.48 Å². The summed E-state index contributed by atoms with van der Waals surface area (Å²) in [6.07, 6.45) is 0. The van der Waals surface area contributed by atoms with Gasteiger partial charge in [0, 0.05) is 0 Å². The second-order valence-corrected chi connectivity index (χ2v) is 0. The Labute approximate surface area is 68.1 Å². The molecule has 0 amide bonds. The first-order valence-corrected chi connectivity index (χ1v) is 0.577. The Bertz CT molecular complexity index is 12.9. The molecule has 0 spiro atoms. The molecule has 0 heterocycles. The summed E-state index contributed by atoms with van der Waals surface area (Å²) < 4.78 is 16.0. The van der Waals surface area contributed by atoms with Crippen molar-refractivity contribution in [1.82, 2.24) is 0 Å². The van der Waals surface area contributed by atoms with Crippen molar-refractivity contribution < 1.29 is 52.6 Å². The van der Waals surface area contributed by atoms with Crippen LogP contribution < -0.4 is 37.7 Å². The van der Waals surface area contributed by atoms with Crippen LogP contribution in [0.25, 0.3) is 0 Å². The van der Waals surface area contributed by atoms with Gasteiger partial charge in [0.1, 0.15) is 0 Å². The third kappa shape index (κ3) is 210. The van der Waals surface area contributed by atoms with E-state index in [1.807, 2.05) is 15.4 Å². The summed E-state index contributed by atoms with van der Waals surface area (Å²) in [5, 5.41) is 0. The molecule has 0 aromatic rings. The summed E-state index contributed by atoms with van der Waals surface area (Å²) in [5.41, 5.74) is 0. The molecule has 0 rings (SSSR count). The van der Waals surface area contributed by atoms with Gasteiger partial charge in [-0.3, -0.25) is 0 Å². The van der Waals surface area contributed by atoms with Crippen LogP contribution in [0.2, 0.25) is 0 Å². The molecule has 0 atom stereocenters. The normalized spacial score (nSPS) is 0.857. The van der Waals surface area contributed by atoms with Gasteiger partial charge in [0.25, 0.3) is 0 Å². The monoisotopic (exact) mass is 86.1 g/mol. The van der Waals surface area contributed by atoms with Crippen LogP contribution in [0, 0.1) is 0 Å². The average molecular weight is 85.5 g/mol. The maximum absolute atomic E-state index is 8.00. The van der Waals surface area contributed by atoms with Crippen molar-refractivity contribution in [3.8, 4) is 0 Å². The minimum absolute atomic E-state index is 0. The Hall–Kier alpha value is 0.885. The maximum atomic E-state index is 8.00. The zero-order valence-corrected chi connectivity index (χ0v) is 4.64. The quantitative estimate of drug-likeness (QED) is 0.274. The summed E-state index contributed by atoms with van der Waals surface area (Å²) >= 11 is 0. The SMILES string of the molecule is B=O.B=O.[Li+].[Li+].[O-2]. The van der Waals surface area contributed by atoms with E-state index in [1.165, 1.54) is 0 Å². The zero-order valence-electron chi connectivity index (χ0n) is 4.64. The molecule has 0 aliphatic heterocycles. The second kappa shape index (κ2) is 305. The molecule has 7 heteroatoms. The molecule has 3 nitrogen and oxygen atoms in total. The van der Waals surface area contributed by atoms with E-state index in [1.54, 1.807) is 0 Å². The minimum Gasteiger partial charge on any atom is -2.00 e. The van der Waals surface area contributed by atoms with Crippen molar-refractivity contribution in [3.63, 3.8) is 0 Å². The molecule has 0 radical (unpaired) electrons. The summed E-state index contributed by atoms with van der Waals surface area (Å²) in [6, 6.07) is 0. The van der Waals surface area contributed by atoms with Crippen LogP contribution in [0.5, 0.6) is 0 Å². The van der Waals surface area contributed by atoms with Crippen molar-refractivity contribution in [2.45, 2.75) is 0 Å². The van der Waals surface area contributed by atoms with Gasteiger partial charge in [-0.25, -0.2) is 0 Å². The summed E-state index contributed by atoms with van der Waals surface area (Å²) in [6.45, 7) is 0. The van der Waals surface area contributed by atoms with Crippen LogP contribution in [0.1, 0.15) is 0 Å². The van der Waals surface area contributed by atoms with Gasteiger partial charge in [0.15, 0.2) is 0 Å². The first-order valence-electron chi connectivity index (χ1n) is 0.577. The van der Waals surface area contributed by atoms with Gasteiger partial charge in [0.05, 0.1) is 0 Å². The standard InChI is InChI=1S/2BHO.2Li.O/c2*1-2;;;/h2*1H;;;/q;;2*+1;-2. The van der Waals surface area contributed by atoms with E-state index in [0.29, 0.717) is 0 Å². The molecule has 0 saturated heterocycles. The van der Waals surface area contributed by atoms with Crippen molar-refractivity contribution in [1.29, 1.82) is 0 Å². The molecule has 28 valence electrons. The van der Waals surface area contributed by atoms with E-state index in [2.05, 4.69) is 0 Å². The minimum atomic E-state index is 0. The summed E-state index contributed by atoms with van der Waals surface area (Å²) in [5.74, 6) is 0. The van der Waals surface area contributed by atoms with Crippen LogP contribution in [0.4, 0.5) is 0 Å². The van der Waals surface area contributed by atoms with Crippen LogP contribution in [-0.2, 0) is 14.9 Å². The van der Waals surface area contributed by atoms with E-state index in [0.717, 1.165) is 0 Å². The number of hydrogen-bond acceptors (Lipinski definition) is 2. The van der Waals surface area contributed by atoms with Crippen molar-refractivity contribution in [2.75, 3.05) is 0 Å². The molecule has 0 aliphatic rings. The molecular formula is H2B2Li2O3. The molecule has 7 heavy (non-hydrogen) atoms. The van der Waals surface area contributed by atoms with Gasteiger partial charge in [-0.05, 0) is 0 Å². The molecule has 0 fully saturated rings. The fourth-order valence-electron chi connectivity index (χ4n) is 0. The molecule has 0 aromatic carbocycles. The van der Waals surface area contributed by atoms with Gasteiger partial charge in [-0.1, -0.05) is 0 Å². The fraction of sp³-hybridized carbons (Fsp3) is 0. The van der Waals surface area contributed by atoms with Gasteiger partial charge in [-0.15, -0.1) is 0 Å². The maximum Gasteiger partial charge on any atom is 1.00 e. The van der Waals surface area contributed by atoms with Gasteiger partial charge in [-0.2, -0.15) is 0 Å². The summed E-state index contributed by atoms with van der Waals surface area (Å²) in [7, 11) is 4.00. The number of rotatable bonds is 0. The molecule has 0 aliphatic carbocycles. The van der Waals surface area contributed by atoms with E-state index in [-0.39, 0.29) is 43.2 Å². The molecule has 0 aromatic heterocycles. The first kappa shape index (κ1) is 44.9. The van der Waals surface area contributed by atoms with E-state index < -0.39 is 0 Å². The average Bonchev–Trinajstić information content (AvgIpc) is 1.50. The topological polar surface area (TPSA) is 62.6 Å². The molecule has 0 saturated carbocycles. The zero-order chi connectivity index (χ0) is 4.00. The Morgan fingerprint density at radius 3 is 0.714 bits per heavy atom. The molecule has 0 bridgehead atoms. The van der Waals surface area contributed by atoms with E-state index >= 15 is 0 Å². The largest absolute Gasteiger partial charge is 2.00 e. The predicted octanol–water partition coefficient (Wildman–Crippen LogP) is -7.65. The summed E-state index contributed by atoms with van der Waals surface area (Å²) in [4.78, 5) is 0. The van der Waals surface area contributed by atoms with Gasteiger partial charge in [0.2, 0.25) is 0 Å². The van der Waals surface area contributed by atoms with Crippen molar-refractivity contribution in [2.24, 2.45) is 0 Å². The Morgan fingerprint density at radius 1 is 0.714 bits per heavy atom. The van der Waals surface area contributed by atoms with Gasteiger partial charge >= 0.3 is 62.6 Å². The second-order valence-electron chi connectivity index (χ2n) is 0. The van der Waals surface area contributed by atoms with Crippen LogP contribution in [0.15, 0.2) is 0 Å². The van der Waals surface area contributed by atoms with Crippen LogP contribution >= 0.6 is 0 Å². The molecular weight excluding hydrogens is 83.5 g/mol. The van der Waals surface area contributed by atoms with Crippen LogP contribution in [0.3, 0.4) is 0 Å². The van der Waals surface area contributed by atoms with Crippen LogP contribution in [-0.4, -0.2) is 15.4 Å². The Balaban J connectivity index is -0.00000000267. The molecule has 0 N–H and O–H groups in total.